The maximum Gasteiger partial charge on any atom is 0.226 e. The van der Waals surface area contributed by atoms with Gasteiger partial charge in [0.05, 0.1) is 19.0 Å². The zero-order chi connectivity index (χ0) is 22.8. The summed E-state index contributed by atoms with van der Waals surface area (Å²) in [7, 11) is 1.59. The molecule has 0 saturated heterocycles. The second-order valence-electron chi connectivity index (χ2n) is 8.60. The summed E-state index contributed by atoms with van der Waals surface area (Å²) in [5.41, 5.74) is 1.22. The number of hydrogen-bond donors (Lipinski definition) is 4. The molecule has 2 heterocycles. The van der Waals surface area contributed by atoms with Gasteiger partial charge in [0.15, 0.2) is 17.0 Å². The van der Waals surface area contributed by atoms with Crippen LogP contribution in [-0.2, 0) is 6.54 Å². The van der Waals surface area contributed by atoms with Gasteiger partial charge in [-0.25, -0.2) is 4.98 Å². The highest BCUT2D eigenvalue weighted by molar-refractivity contribution is 5.84. The molecule has 3 rings (SSSR count). The van der Waals surface area contributed by atoms with Crippen molar-refractivity contribution in [2.75, 3.05) is 24.3 Å². The van der Waals surface area contributed by atoms with Gasteiger partial charge in [-0.3, -0.25) is 0 Å². The van der Waals surface area contributed by atoms with Crippen LogP contribution in [0.1, 0.15) is 46.2 Å². The van der Waals surface area contributed by atoms with Gasteiger partial charge in [-0.1, -0.05) is 6.92 Å². The van der Waals surface area contributed by atoms with Crippen LogP contribution in [0.2, 0.25) is 0 Å². The minimum Gasteiger partial charge on any atom is -0.508 e. The lowest BCUT2D eigenvalue weighted by molar-refractivity contribution is 0.0303. The summed E-state index contributed by atoms with van der Waals surface area (Å²) < 4.78 is 7.23. The Morgan fingerprint density at radius 2 is 1.90 bits per heavy atom. The molecule has 0 fully saturated rings. The normalized spacial score (nSPS) is 12.9. The van der Waals surface area contributed by atoms with Crippen molar-refractivity contribution in [2.45, 2.75) is 52.8 Å². The monoisotopic (exact) mass is 428 g/mol. The molecule has 31 heavy (non-hydrogen) atoms. The van der Waals surface area contributed by atoms with Gasteiger partial charge < -0.3 is 30.2 Å². The molecule has 0 aliphatic heterocycles. The highest BCUT2D eigenvalue weighted by Gasteiger charge is 2.23. The SMILES string of the molecule is COc1ccc(O)c(CNc2nc(NCC(C)C(C)(C)O)nc3c2ncn3C(C)C)c1. The lowest BCUT2D eigenvalue weighted by Crippen LogP contribution is -2.33. The molecule has 0 saturated carbocycles. The van der Waals surface area contributed by atoms with Crippen molar-refractivity contribution < 1.29 is 14.9 Å². The zero-order valence-corrected chi connectivity index (χ0v) is 19.0. The predicted octanol–water partition coefficient (Wildman–Crippen LogP) is 3.55. The third-order valence-corrected chi connectivity index (χ3v) is 5.48. The number of phenols is 1. The predicted molar refractivity (Wildman–Crippen MR) is 122 cm³/mol. The quantitative estimate of drug-likeness (QED) is 0.409. The Labute approximate surface area is 182 Å². The van der Waals surface area contributed by atoms with Gasteiger partial charge >= 0.3 is 0 Å². The molecule has 9 heteroatoms. The first kappa shape index (κ1) is 22.6. The molecule has 1 atom stereocenters. The van der Waals surface area contributed by atoms with E-state index in [0.717, 1.165) is 0 Å². The number of anilines is 2. The van der Waals surface area contributed by atoms with Crippen molar-refractivity contribution in [2.24, 2.45) is 5.92 Å². The van der Waals surface area contributed by atoms with E-state index in [0.29, 0.717) is 47.3 Å². The van der Waals surface area contributed by atoms with Gasteiger partial charge in [0, 0.05) is 30.6 Å². The number of aromatic nitrogens is 4. The number of methoxy groups -OCH3 is 1. The third kappa shape index (κ3) is 5.16. The number of aromatic hydroxyl groups is 1. The summed E-state index contributed by atoms with van der Waals surface area (Å²) in [5, 5.41) is 26.9. The van der Waals surface area contributed by atoms with Gasteiger partial charge in [0.1, 0.15) is 11.5 Å². The van der Waals surface area contributed by atoms with E-state index in [9.17, 15) is 10.2 Å². The van der Waals surface area contributed by atoms with Crippen molar-refractivity contribution >= 4 is 22.9 Å². The fourth-order valence-corrected chi connectivity index (χ4v) is 3.00. The second kappa shape index (κ2) is 8.97. The summed E-state index contributed by atoms with van der Waals surface area (Å²) in [6.45, 7) is 10.5. The fourth-order valence-electron chi connectivity index (χ4n) is 3.00. The number of fused-ring (bicyclic) bond motifs is 1. The second-order valence-corrected chi connectivity index (χ2v) is 8.60. The average molecular weight is 429 g/mol. The molecule has 168 valence electrons. The molecule has 0 aliphatic carbocycles. The smallest absolute Gasteiger partial charge is 0.226 e. The largest absolute Gasteiger partial charge is 0.508 e. The van der Waals surface area contributed by atoms with E-state index < -0.39 is 5.60 Å². The molecule has 0 aliphatic rings. The Hall–Kier alpha value is -3.07. The summed E-state index contributed by atoms with van der Waals surface area (Å²) in [5.74, 6) is 1.83. The number of rotatable bonds is 9. The fraction of sp³-hybridized carbons (Fsp3) is 0.500. The van der Waals surface area contributed by atoms with Crippen LogP contribution in [0.3, 0.4) is 0 Å². The van der Waals surface area contributed by atoms with Gasteiger partial charge in [-0.15, -0.1) is 0 Å². The maximum absolute atomic E-state index is 10.2. The molecule has 3 aromatic rings. The van der Waals surface area contributed by atoms with Crippen molar-refractivity contribution in [3.8, 4) is 11.5 Å². The molecule has 9 nitrogen and oxygen atoms in total. The van der Waals surface area contributed by atoms with Crippen molar-refractivity contribution in [1.29, 1.82) is 0 Å². The van der Waals surface area contributed by atoms with Gasteiger partial charge in [-0.05, 0) is 45.9 Å². The van der Waals surface area contributed by atoms with E-state index in [4.69, 9.17) is 4.74 Å². The highest BCUT2D eigenvalue weighted by atomic mass is 16.5. The van der Waals surface area contributed by atoms with Crippen molar-refractivity contribution in [1.82, 2.24) is 19.5 Å². The number of benzene rings is 1. The van der Waals surface area contributed by atoms with Crippen LogP contribution in [0.4, 0.5) is 11.8 Å². The van der Waals surface area contributed by atoms with E-state index in [1.165, 1.54) is 0 Å². The number of ether oxygens (including phenoxy) is 1. The Bertz CT molecular complexity index is 1040. The summed E-state index contributed by atoms with van der Waals surface area (Å²) >= 11 is 0. The highest BCUT2D eigenvalue weighted by Crippen LogP contribution is 2.27. The first-order valence-corrected chi connectivity index (χ1v) is 10.4. The van der Waals surface area contributed by atoms with Crippen LogP contribution in [0.5, 0.6) is 11.5 Å². The molecule has 0 amide bonds. The molecule has 0 radical (unpaired) electrons. The molecule has 0 spiro atoms. The minimum absolute atomic E-state index is 0.00746. The number of nitrogens with zero attached hydrogens (tertiary/aromatic N) is 4. The third-order valence-electron chi connectivity index (χ3n) is 5.48. The topological polar surface area (TPSA) is 117 Å². The molecule has 1 unspecified atom stereocenters. The summed E-state index contributed by atoms with van der Waals surface area (Å²) in [6.07, 6.45) is 1.75. The van der Waals surface area contributed by atoms with Crippen LogP contribution < -0.4 is 15.4 Å². The lowest BCUT2D eigenvalue weighted by Gasteiger charge is -2.26. The average Bonchev–Trinajstić information content (AvgIpc) is 3.14. The molecule has 1 aromatic carbocycles. The Morgan fingerprint density at radius 1 is 1.16 bits per heavy atom. The molecule has 0 bridgehead atoms. The Kier molecular flexibility index (Phi) is 6.54. The van der Waals surface area contributed by atoms with E-state index in [1.807, 2.05) is 11.5 Å². The van der Waals surface area contributed by atoms with E-state index >= 15 is 0 Å². The minimum atomic E-state index is -0.818. The molecule has 4 N–H and O–H groups in total. The van der Waals surface area contributed by atoms with Gasteiger partial charge in [-0.2, -0.15) is 9.97 Å². The van der Waals surface area contributed by atoms with E-state index in [2.05, 4.69) is 39.4 Å². The first-order valence-electron chi connectivity index (χ1n) is 10.4. The number of imidazole rings is 1. The van der Waals surface area contributed by atoms with Crippen LogP contribution in [0, 0.1) is 5.92 Å². The van der Waals surface area contributed by atoms with Crippen molar-refractivity contribution in [3.05, 3.63) is 30.1 Å². The standard InChI is InChI=1S/C22H32N6O3/c1-13(2)28-12-25-18-19(23-11-15-9-16(31-6)7-8-17(15)29)26-21(27-20(18)28)24-10-14(3)22(4,5)30/h7-9,12-14,29-30H,10-11H2,1-6H3,(H2,23,24,26,27). The van der Waals surface area contributed by atoms with Crippen molar-refractivity contribution in [3.63, 3.8) is 0 Å². The van der Waals surface area contributed by atoms with Crippen LogP contribution in [0.25, 0.3) is 11.2 Å². The van der Waals surface area contributed by atoms with Crippen LogP contribution in [0.15, 0.2) is 24.5 Å². The summed E-state index contributed by atoms with van der Waals surface area (Å²) in [6, 6.07) is 5.26. The number of phenolic OH excluding ortho intramolecular Hbond substituents is 1. The van der Waals surface area contributed by atoms with Crippen LogP contribution in [-0.4, -0.2) is 49.0 Å². The van der Waals surface area contributed by atoms with Gasteiger partial charge in [0.25, 0.3) is 0 Å². The van der Waals surface area contributed by atoms with Gasteiger partial charge in [0.2, 0.25) is 5.95 Å². The first-order chi connectivity index (χ1) is 14.6. The van der Waals surface area contributed by atoms with Crippen LogP contribution >= 0.6 is 0 Å². The molecule has 2 aromatic heterocycles. The number of aliphatic hydroxyl groups is 1. The number of hydrogen-bond acceptors (Lipinski definition) is 8. The molecular formula is C22H32N6O3. The van der Waals surface area contributed by atoms with E-state index in [-0.39, 0.29) is 17.7 Å². The van der Waals surface area contributed by atoms with E-state index in [1.54, 1.807) is 45.5 Å². The number of nitrogens with one attached hydrogen (secondary N) is 2. The Balaban J connectivity index is 1.92. The summed E-state index contributed by atoms with van der Waals surface area (Å²) in [4.78, 5) is 13.8. The lowest BCUT2D eigenvalue weighted by atomic mass is 9.93. The Morgan fingerprint density at radius 3 is 2.55 bits per heavy atom. The molecular weight excluding hydrogens is 396 g/mol. The zero-order valence-electron chi connectivity index (χ0n) is 19.0. The maximum atomic E-state index is 10.2.